The van der Waals surface area contributed by atoms with Crippen molar-refractivity contribution in [3.05, 3.63) is 35.4 Å². The van der Waals surface area contributed by atoms with Crippen molar-refractivity contribution in [1.82, 2.24) is 5.32 Å². The van der Waals surface area contributed by atoms with Crippen LogP contribution in [-0.4, -0.2) is 13.6 Å². The summed E-state index contributed by atoms with van der Waals surface area (Å²) in [5.41, 5.74) is 2.93. The maximum Gasteiger partial charge on any atom is -0.00208 e. The van der Waals surface area contributed by atoms with Gasteiger partial charge in [-0.2, -0.15) is 0 Å². The van der Waals surface area contributed by atoms with Crippen LogP contribution in [0.4, 0.5) is 0 Å². The van der Waals surface area contributed by atoms with Gasteiger partial charge >= 0.3 is 0 Å². The maximum atomic E-state index is 3.39. The van der Waals surface area contributed by atoms with Crippen LogP contribution in [0, 0.1) is 18.8 Å². The first-order valence-corrected chi connectivity index (χ1v) is 7.49. The van der Waals surface area contributed by atoms with Crippen LogP contribution in [0.1, 0.15) is 43.2 Å². The van der Waals surface area contributed by atoms with Crippen LogP contribution in [0.3, 0.4) is 0 Å². The fourth-order valence-electron chi connectivity index (χ4n) is 3.40. The summed E-state index contributed by atoms with van der Waals surface area (Å²) < 4.78 is 0. The molecule has 1 heteroatoms. The van der Waals surface area contributed by atoms with E-state index in [2.05, 4.69) is 43.6 Å². The Morgan fingerprint density at radius 1 is 1.11 bits per heavy atom. The molecule has 2 unspecified atom stereocenters. The van der Waals surface area contributed by atoms with Crippen LogP contribution in [0.15, 0.2) is 24.3 Å². The third kappa shape index (κ3) is 3.84. The molecule has 18 heavy (non-hydrogen) atoms. The molecule has 1 aliphatic rings. The maximum absolute atomic E-state index is 3.39. The standard InChI is InChI=1S/C17H27N/c1-14-7-6-8-15(11-14)12-16-9-4-3-5-10-17(16)13-18-2/h6-8,11,16-18H,3-5,9-10,12-13H2,1-2H3. The zero-order valence-corrected chi connectivity index (χ0v) is 11.9. The van der Waals surface area contributed by atoms with E-state index >= 15 is 0 Å². The average molecular weight is 245 g/mol. The molecule has 1 nitrogen and oxygen atoms in total. The Labute approximate surface area is 112 Å². The lowest BCUT2D eigenvalue weighted by Crippen LogP contribution is -2.26. The second-order valence-corrected chi connectivity index (χ2v) is 5.91. The Kier molecular flexibility index (Phi) is 5.25. The highest BCUT2D eigenvalue weighted by Gasteiger charge is 2.23. The van der Waals surface area contributed by atoms with Gasteiger partial charge in [-0.25, -0.2) is 0 Å². The molecular formula is C17H27N. The fraction of sp³-hybridized carbons (Fsp3) is 0.647. The molecule has 0 radical (unpaired) electrons. The lowest BCUT2D eigenvalue weighted by Gasteiger charge is -2.25. The summed E-state index contributed by atoms with van der Waals surface area (Å²) in [4.78, 5) is 0. The SMILES string of the molecule is CNCC1CCCCCC1Cc1cccc(C)c1. The van der Waals surface area contributed by atoms with Gasteiger partial charge in [0.2, 0.25) is 0 Å². The Morgan fingerprint density at radius 2 is 1.89 bits per heavy atom. The van der Waals surface area contributed by atoms with Crippen molar-refractivity contribution < 1.29 is 0 Å². The molecule has 1 N–H and O–H groups in total. The van der Waals surface area contributed by atoms with E-state index in [1.54, 1.807) is 0 Å². The summed E-state index contributed by atoms with van der Waals surface area (Å²) in [6.07, 6.45) is 8.39. The third-order valence-electron chi connectivity index (χ3n) is 4.36. The number of nitrogens with one attached hydrogen (secondary N) is 1. The van der Waals surface area contributed by atoms with Gasteiger partial charge in [-0.05, 0) is 57.2 Å². The monoisotopic (exact) mass is 245 g/mol. The highest BCUT2D eigenvalue weighted by atomic mass is 14.8. The molecule has 2 rings (SSSR count). The topological polar surface area (TPSA) is 12.0 Å². The minimum Gasteiger partial charge on any atom is -0.319 e. The van der Waals surface area contributed by atoms with E-state index in [1.807, 2.05) is 0 Å². The number of benzene rings is 1. The van der Waals surface area contributed by atoms with Crippen LogP contribution in [0.25, 0.3) is 0 Å². The summed E-state index contributed by atoms with van der Waals surface area (Å²) in [7, 11) is 2.09. The molecule has 0 bridgehead atoms. The molecule has 0 spiro atoms. The summed E-state index contributed by atoms with van der Waals surface area (Å²) in [6.45, 7) is 3.39. The predicted octanol–water partition coefficient (Wildman–Crippen LogP) is 3.95. The van der Waals surface area contributed by atoms with Gasteiger partial charge < -0.3 is 5.32 Å². The van der Waals surface area contributed by atoms with Gasteiger partial charge in [0.15, 0.2) is 0 Å². The zero-order chi connectivity index (χ0) is 12.8. The summed E-state index contributed by atoms with van der Waals surface area (Å²) in [5.74, 6) is 1.75. The van der Waals surface area contributed by atoms with Gasteiger partial charge in [-0.1, -0.05) is 49.1 Å². The smallest absolute Gasteiger partial charge is 0.00208 e. The van der Waals surface area contributed by atoms with Crippen LogP contribution in [0.5, 0.6) is 0 Å². The van der Waals surface area contributed by atoms with E-state index in [0.717, 1.165) is 11.8 Å². The highest BCUT2D eigenvalue weighted by Crippen LogP contribution is 2.31. The Balaban J connectivity index is 2.03. The largest absolute Gasteiger partial charge is 0.319 e. The van der Waals surface area contributed by atoms with Crippen molar-refractivity contribution in [2.75, 3.05) is 13.6 Å². The molecule has 1 saturated carbocycles. The van der Waals surface area contributed by atoms with Gasteiger partial charge in [0.05, 0.1) is 0 Å². The van der Waals surface area contributed by atoms with Crippen molar-refractivity contribution in [2.24, 2.45) is 11.8 Å². The molecule has 0 saturated heterocycles. The summed E-state index contributed by atoms with van der Waals surface area (Å²) in [5, 5.41) is 3.39. The first kappa shape index (κ1) is 13.6. The van der Waals surface area contributed by atoms with E-state index in [0.29, 0.717) is 0 Å². The van der Waals surface area contributed by atoms with Crippen LogP contribution in [0.2, 0.25) is 0 Å². The average Bonchev–Trinajstić information content (AvgIpc) is 2.56. The molecule has 100 valence electrons. The number of hydrogen-bond acceptors (Lipinski definition) is 1. The second kappa shape index (κ2) is 6.94. The molecule has 1 aliphatic carbocycles. The van der Waals surface area contributed by atoms with Crippen LogP contribution in [-0.2, 0) is 6.42 Å². The van der Waals surface area contributed by atoms with Gasteiger partial charge in [0.1, 0.15) is 0 Å². The highest BCUT2D eigenvalue weighted by molar-refractivity contribution is 5.22. The van der Waals surface area contributed by atoms with Crippen molar-refractivity contribution in [3.8, 4) is 0 Å². The molecule has 1 fully saturated rings. The lowest BCUT2D eigenvalue weighted by atomic mass is 9.83. The van der Waals surface area contributed by atoms with E-state index < -0.39 is 0 Å². The summed E-state index contributed by atoms with van der Waals surface area (Å²) >= 11 is 0. The van der Waals surface area contributed by atoms with Crippen molar-refractivity contribution in [1.29, 1.82) is 0 Å². The minimum atomic E-state index is 0.873. The van der Waals surface area contributed by atoms with E-state index in [9.17, 15) is 0 Å². The molecule has 0 heterocycles. The first-order valence-electron chi connectivity index (χ1n) is 7.49. The number of rotatable bonds is 4. The Morgan fingerprint density at radius 3 is 2.61 bits per heavy atom. The Bertz CT molecular complexity index is 358. The molecule has 1 aromatic rings. The van der Waals surface area contributed by atoms with Crippen molar-refractivity contribution >= 4 is 0 Å². The predicted molar refractivity (Wildman–Crippen MR) is 78.9 cm³/mol. The number of hydrogen-bond donors (Lipinski definition) is 1. The van der Waals surface area contributed by atoms with Crippen molar-refractivity contribution in [2.45, 2.75) is 45.4 Å². The summed E-state index contributed by atoms with van der Waals surface area (Å²) in [6, 6.07) is 9.06. The molecule has 1 aromatic carbocycles. The van der Waals surface area contributed by atoms with E-state index in [1.165, 1.54) is 56.2 Å². The quantitative estimate of drug-likeness (QED) is 0.792. The molecule has 0 aliphatic heterocycles. The third-order valence-corrected chi connectivity index (χ3v) is 4.36. The van der Waals surface area contributed by atoms with Crippen LogP contribution >= 0.6 is 0 Å². The second-order valence-electron chi connectivity index (χ2n) is 5.91. The molecular weight excluding hydrogens is 218 g/mol. The molecule has 2 atom stereocenters. The van der Waals surface area contributed by atoms with Gasteiger partial charge in [0.25, 0.3) is 0 Å². The first-order chi connectivity index (χ1) is 8.79. The number of aryl methyl sites for hydroxylation is 1. The van der Waals surface area contributed by atoms with Gasteiger partial charge in [-0.3, -0.25) is 0 Å². The van der Waals surface area contributed by atoms with Gasteiger partial charge in [-0.15, -0.1) is 0 Å². The molecule has 0 aromatic heterocycles. The zero-order valence-electron chi connectivity index (χ0n) is 11.9. The van der Waals surface area contributed by atoms with Crippen LogP contribution < -0.4 is 5.32 Å². The normalized spacial score (nSPS) is 24.8. The minimum absolute atomic E-state index is 0.873. The van der Waals surface area contributed by atoms with E-state index in [4.69, 9.17) is 0 Å². The Hall–Kier alpha value is -0.820. The molecule has 0 amide bonds. The lowest BCUT2D eigenvalue weighted by molar-refractivity contribution is 0.304. The fourth-order valence-corrected chi connectivity index (χ4v) is 3.40. The van der Waals surface area contributed by atoms with Gasteiger partial charge in [0, 0.05) is 0 Å². The van der Waals surface area contributed by atoms with E-state index in [-0.39, 0.29) is 0 Å². The van der Waals surface area contributed by atoms with Crippen molar-refractivity contribution in [3.63, 3.8) is 0 Å².